The van der Waals surface area contributed by atoms with Crippen molar-refractivity contribution in [2.75, 3.05) is 0 Å². The first-order chi connectivity index (χ1) is 8.18. The van der Waals surface area contributed by atoms with Crippen LogP contribution in [-0.4, -0.2) is 9.97 Å². The van der Waals surface area contributed by atoms with Crippen LogP contribution in [0, 0.1) is 5.82 Å². The van der Waals surface area contributed by atoms with Crippen LogP contribution in [0.1, 0.15) is 18.5 Å². The second kappa shape index (κ2) is 5.25. The average Bonchev–Trinajstić information content (AvgIpc) is 2.30. The summed E-state index contributed by atoms with van der Waals surface area (Å²) in [4.78, 5) is 8.89. The Labute approximate surface area is 103 Å². The van der Waals surface area contributed by atoms with Crippen molar-refractivity contribution >= 4 is 11.8 Å². The van der Waals surface area contributed by atoms with Gasteiger partial charge in [-0.15, -0.1) is 0 Å². The van der Waals surface area contributed by atoms with Crippen molar-refractivity contribution in [3.05, 3.63) is 48.2 Å². The molecule has 2 aromatic rings. The third kappa shape index (κ3) is 2.81. The molecule has 1 atom stereocenters. The fourth-order valence-electron chi connectivity index (χ4n) is 1.50. The molecule has 5 heteroatoms. The van der Waals surface area contributed by atoms with Crippen LogP contribution in [0.5, 0.6) is 0 Å². The van der Waals surface area contributed by atoms with Gasteiger partial charge in [0.05, 0.1) is 6.20 Å². The van der Waals surface area contributed by atoms with E-state index in [2.05, 4.69) is 9.97 Å². The Balaban J connectivity index is 2.36. The first-order valence-corrected chi connectivity index (χ1v) is 5.98. The molecule has 0 radical (unpaired) electrons. The fourth-order valence-corrected chi connectivity index (χ4v) is 2.49. The Kier molecular flexibility index (Phi) is 3.71. The van der Waals surface area contributed by atoms with Gasteiger partial charge in [-0.3, -0.25) is 4.98 Å². The zero-order chi connectivity index (χ0) is 12.3. The summed E-state index contributed by atoms with van der Waals surface area (Å²) in [5.41, 5.74) is 6.30. The highest BCUT2D eigenvalue weighted by molar-refractivity contribution is 7.99. The molecule has 2 rings (SSSR count). The molecule has 0 aliphatic carbocycles. The van der Waals surface area contributed by atoms with Gasteiger partial charge in [-0.2, -0.15) is 0 Å². The molecule has 0 aliphatic rings. The van der Waals surface area contributed by atoms with E-state index in [1.165, 1.54) is 17.8 Å². The summed E-state index contributed by atoms with van der Waals surface area (Å²) in [7, 11) is 0. The Hall–Kier alpha value is -1.46. The van der Waals surface area contributed by atoms with Crippen molar-refractivity contribution < 1.29 is 4.39 Å². The van der Waals surface area contributed by atoms with Gasteiger partial charge in [0.15, 0.2) is 0 Å². The minimum Gasteiger partial charge on any atom is -0.324 e. The second-order valence-electron chi connectivity index (χ2n) is 3.59. The van der Waals surface area contributed by atoms with Gasteiger partial charge in [-0.05, 0) is 19.1 Å². The lowest BCUT2D eigenvalue weighted by atomic mass is 10.1. The molecule has 1 heterocycles. The molecule has 0 saturated heterocycles. The molecule has 17 heavy (non-hydrogen) atoms. The molecular formula is C12H12FN3S. The van der Waals surface area contributed by atoms with E-state index in [0.717, 1.165) is 9.92 Å². The van der Waals surface area contributed by atoms with E-state index >= 15 is 0 Å². The minimum atomic E-state index is -0.352. The summed E-state index contributed by atoms with van der Waals surface area (Å²) in [6, 6.07) is 4.57. The zero-order valence-electron chi connectivity index (χ0n) is 9.30. The topological polar surface area (TPSA) is 51.8 Å². The summed E-state index contributed by atoms with van der Waals surface area (Å²) in [5, 5.41) is 0.722. The lowest BCUT2D eigenvalue weighted by Gasteiger charge is -2.12. The van der Waals surface area contributed by atoms with Gasteiger partial charge in [0, 0.05) is 28.9 Å². The standard InChI is InChI=1S/C12H12FN3S/c1-8(14)12-9(13)3-2-4-10(12)17-11-7-15-5-6-16-11/h2-8H,14H2,1H3. The van der Waals surface area contributed by atoms with Crippen LogP contribution in [0.2, 0.25) is 0 Å². The van der Waals surface area contributed by atoms with Crippen molar-refractivity contribution in [1.29, 1.82) is 0 Å². The Morgan fingerprint density at radius 3 is 2.82 bits per heavy atom. The third-order valence-corrected chi connectivity index (χ3v) is 3.22. The molecule has 1 unspecified atom stereocenters. The molecule has 0 saturated carbocycles. The maximum absolute atomic E-state index is 13.7. The van der Waals surface area contributed by atoms with Gasteiger partial charge < -0.3 is 5.73 Å². The van der Waals surface area contributed by atoms with E-state index in [4.69, 9.17) is 5.73 Å². The summed E-state index contributed by atoms with van der Waals surface area (Å²) in [6.45, 7) is 1.76. The Morgan fingerprint density at radius 1 is 1.35 bits per heavy atom. The van der Waals surface area contributed by atoms with Crippen LogP contribution in [0.3, 0.4) is 0 Å². The number of halogens is 1. The fraction of sp³-hybridized carbons (Fsp3) is 0.167. The van der Waals surface area contributed by atoms with Crippen LogP contribution in [-0.2, 0) is 0 Å². The van der Waals surface area contributed by atoms with Gasteiger partial charge in [0.25, 0.3) is 0 Å². The van der Waals surface area contributed by atoms with E-state index in [-0.39, 0.29) is 11.9 Å². The number of hydrogen-bond donors (Lipinski definition) is 1. The normalized spacial score (nSPS) is 12.4. The lowest BCUT2D eigenvalue weighted by molar-refractivity contribution is 0.585. The lowest BCUT2D eigenvalue weighted by Crippen LogP contribution is -2.09. The second-order valence-corrected chi connectivity index (χ2v) is 4.65. The first kappa shape index (κ1) is 12.0. The maximum atomic E-state index is 13.7. The predicted molar refractivity (Wildman–Crippen MR) is 65.2 cm³/mol. The highest BCUT2D eigenvalue weighted by Crippen LogP contribution is 2.32. The molecule has 2 N–H and O–H groups in total. The maximum Gasteiger partial charge on any atom is 0.129 e. The minimum absolute atomic E-state index is 0.283. The van der Waals surface area contributed by atoms with Crippen molar-refractivity contribution in [1.82, 2.24) is 9.97 Å². The zero-order valence-corrected chi connectivity index (χ0v) is 10.1. The van der Waals surface area contributed by atoms with E-state index < -0.39 is 0 Å². The number of nitrogens with two attached hydrogens (primary N) is 1. The number of aromatic nitrogens is 2. The highest BCUT2D eigenvalue weighted by Gasteiger charge is 2.13. The van der Waals surface area contributed by atoms with Crippen molar-refractivity contribution in [3.8, 4) is 0 Å². The molecule has 0 amide bonds. The van der Waals surface area contributed by atoms with Crippen LogP contribution >= 0.6 is 11.8 Å². The SMILES string of the molecule is CC(N)c1c(F)cccc1Sc1cnccn1. The van der Waals surface area contributed by atoms with Gasteiger partial charge >= 0.3 is 0 Å². The molecule has 1 aromatic heterocycles. The predicted octanol–water partition coefficient (Wildman–Crippen LogP) is 2.79. The van der Waals surface area contributed by atoms with Crippen LogP contribution in [0.4, 0.5) is 4.39 Å². The van der Waals surface area contributed by atoms with Gasteiger partial charge in [0.1, 0.15) is 10.8 Å². The summed E-state index contributed by atoms with van der Waals surface area (Å²) < 4.78 is 13.7. The quantitative estimate of drug-likeness (QED) is 0.908. The molecule has 0 fully saturated rings. The van der Waals surface area contributed by atoms with Gasteiger partial charge in [-0.1, -0.05) is 17.8 Å². The molecule has 88 valence electrons. The number of hydrogen-bond acceptors (Lipinski definition) is 4. The summed E-state index contributed by atoms with van der Waals surface area (Å²) in [5.74, 6) is -0.283. The van der Waals surface area contributed by atoms with E-state index in [1.54, 1.807) is 31.6 Å². The smallest absolute Gasteiger partial charge is 0.129 e. The molecule has 1 aromatic carbocycles. The Morgan fingerprint density at radius 2 is 2.18 bits per heavy atom. The van der Waals surface area contributed by atoms with Crippen LogP contribution < -0.4 is 5.73 Å². The summed E-state index contributed by atoms with van der Waals surface area (Å²) in [6.07, 6.45) is 4.84. The molecule has 0 spiro atoms. The number of nitrogens with zero attached hydrogens (tertiary/aromatic N) is 2. The van der Waals surface area contributed by atoms with Crippen molar-refractivity contribution in [2.24, 2.45) is 5.73 Å². The largest absolute Gasteiger partial charge is 0.324 e. The van der Waals surface area contributed by atoms with E-state index in [9.17, 15) is 4.39 Å². The van der Waals surface area contributed by atoms with E-state index in [1.807, 2.05) is 6.07 Å². The van der Waals surface area contributed by atoms with Gasteiger partial charge in [0.2, 0.25) is 0 Å². The van der Waals surface area contributed by atoms with Crippen molar-refractivity contribution in [2.45, 2.75) is 22.9 Å². The molecule has 0 bridgehead atoms. The summed E-state index contributed by atoms with van der Waals surface area (Å²) >= 11 is 1.36. The molecular weight excluding hydrogens is 237 g/mol. The number of benzene rings is 1. The van der Waals surface area contributed by atoms with Crippen LogP contribution in [0.15, 0.2) is 46.7 Å². The van der Waals surface area contributed by atoms with Crippen molar-refractivity contribution in [3.63, 3.8) is 0 Å². The monoisotopic (exact) mass is 249 g/mol. The average molecular weight is 249 g/mol. The van der Waals surface area contributed by atoms with E-state index in [0.29, 0.717) is 5.56 Å². The Bertz CT molecular complexity index is 502. The number of rotatable bonds is 3. The highest BCUT2D eigenvalue weighted by atomic mass is 32.2. The molecule has 3 nitrogen and oxygen atoms in total. The third-order valence-electron chi connectivity index (χ3n) is 2.22. The van der Waals surface area contributed by atoms with Gasteiger partial charge in [-0.25, -0.2) is 9.37 Å². The first-order valence-electron chi connectivity index (χ1n) is 5.16. The molecule has 0 aliphatic heterocycles. The van der Waals surface area contributed by atoms with Crippen LogP contribution in [0.25, 0.3) is 0 Å².